The molecule has 148 valence electrons. The summed E-state index contributed by atoms with van der Waals surface area (Å²) in [7, 11) is 0. The molecule has 0 spiro atoms. The van der Waals surface area contributed by atoms with E-state index in [0.717, 1.165) is 78.0 Å². The minimum Gasteiger partial charge on any atom is -0.379 e. The van der Waals surface area contributed by atoms with Crippen LogP contribution in [-0.2, 0) is 9.53 Å². The van der Waals surface area contributed by atoms with Crippen LogP contribution in [0.15, 0.2) is 0 Å². The van der Waals surface area contributed by atoms with Gasteiger partial charge in [0.25, 0.3) is 0 Å². The molecule has 3 aliphatic heterocycles. The van der Waals surface area contributed by atoms with Crippen molar-refractivity contribution in [3.63, 3.8) is 0 Å². The summed E-state index contributed by atoms with van der Waals surface area (Å²) in [6, 6.07) is 0. The number of hydrogen-bond acceptors (Lipinski definition) is 5. The smallest absolute Gasteiger partial charge is 0.223 e. The van der Waals surface area contributed by atoms with Crippen LogP contribution in [0, 0.1) is 5.92 Å². The number of rotatable bonds is 5. The summed E-state index contributed by atoms with van der Waals surface area (Å²) in [5.74, 6) is 1.10. The molecule has 0 radical (unpaired) electrons. The van der Waals surface area contributed by atoms with Gasteiger partial charge >= 0.3 is 0 Å². The van der Waals surface area contributed by atoms with E-state index in [1.807, 2.05) is 4.90 Å². The Bertz CT molecular complexity index is 378. The third-order valence-corrected chi connectivity index (χ3v) is 5.33. The summed E-state index contributed by atoms with van der Waals surface area (Å²) in [4.78, 5) is 19.4. The Morgan fingerprint density at radius 1 is 1.00 bits per heavy atom. The van der Waals surface area contributed by atoms with Gasteiger partial charge in [-0.1, -0.05) is 0 Å². The number of hydrogen-bond donors (Lipinski definition) is 1. The lowest BCUT2D eigenvalue weighted by Gasteiger charge is -2.37. The van der Waals surface area contributed by atoms with Crippen LogP contribution in [0.3, 0.4) is 0 Å². The number of morpholine rings is 1. The highest BCUT2D eigenvalue weighted by molar-refractivity contribution is 5.85. The van der Waals surface area contributed by atoms with Crippen molar-refractivity contribution >= 4 is 30.7 Å². The molecule has 3 fully saturated rings. The van der Waals surface area contributed by atoms with Crippen molar-refractivity contribution in [3.05, 3.63) is 0 Å². The molecule has 0 bridgehead atoms. The SMILES string of the molecule is Cl.Cl.O=C(CCN1CCCC(CN2CCOCC2)C1)N1CCNCC1. The number of ether oxygens (including phenoxy) is 1. The Morgan fingerprint density at radius 2 is 1.72 bits per heavy atom. The molecule has 3 aliphatic rings. The van der Waals surface area contributed by atoms with Crippen molar-refractivity contribution in [2.75, 3.05) is 78.7 Å². The second-order valence-corrected chi connectivity index (χ2v) is 7.10. The molecule has 3 saturated heterocycles. The molecule has 0 aromatic heterocycles. The van der Waals surface area contributed by atoms with Crippen LogP contribution < -0.4 is 5.32 Å². The predicted molar refractivity (Wildman–Crippen MR) is 105 cm³/mol. The maximum Gasteiger partial charge on any atom is 0.223 e. The van der Waals surface area contributed by atoms with Crippen LogP contribution >= 0.6 is 24.8 Å². The maximum atomic E-state index is 12.3. The van der Waals surface area contributed by atoms with E-state index < -0.39 is 0 Å². The van der Waals surface area contributed by atoms with Gasteiger partial charge in [0.1, 0.15) is 0 Å². The van der Waals surface area contributed by atoms with Gasteiger partial charge in [0.2, 0.25) is 5.91 Å². The highest BCUT2D eigenvalue weighted by atomic mass is 35.5. The summed E-state index contributed by atoms with van der Waals surface area (Å²) in [6.07, 6.45) is 3.29. The lowest BCUT2D eigenvalue weighted by molar-refractivity contribution is -0.132. The molecule has 1 amide bonds. The number of carbonyl (C=O) groups excluding carboxylic acids is 1. The van der Waals surface area contributed by atoms with Gasteiger partial charge in [0.05, 0.1) is 13.2 Å². The van der Waals surface area contributed by atoms with Gasteiger partial charge in [-0.2, -0.15) is 0 Å². The summed E-state index contributed by atoms with van der Waals surface area (Å²) in [5.41, 5.74) is 0. The lowest BCUT2D eigenvalue weighted by atomic mass is 9.97. The fourth-order valence-corrected chi connectivity index (χ4v) is 3.98. The lowest BCUT2D eigenvalue weighted by Crippen LogP contribution is -2.48. The van der Waals surface area contributed by atoms with E-state index in [9.17, 15) is 4.79 Å². The molecular formula is C17H34Cl2N4O2. The maximum absolute atomic E-state index is 12.3. The van der Waals surface area contributed by atoms with Crippen LogP contribution in [0.4, 0.5) is 0 Å². The van der Waals surface area contributed by atoms with E-state index in [-0.39, 0.29) is 24.8 Å². The summed E-state index contributed by atoms with van der Waals surface area (Å²) in [5, 5.41) is 3.30. The number of piperazine rings is 1. The van der Waals surface area contributed by atoms with E-state index in [0.29, 0.717) is 12.3 Å². The molecule has 0 aromatic carbocycles. The first-order valence-corrected chi connectivity index (χ1v) is 9.32. The molecule has 0 aliphatic carbocycles. The van der Waals surface area contributed by atoms with E-state index >= 15 is 0 Å². The van der Waals surface area contributed by atoms with Gasteiger partial charge in [-0.15, -0.1) is 24.8 Å². The minimum absolute atomic E-state index is 0. The first kappa shape index (κ1) is 22.9. The Balaban J connectivity index is 0.00000156. The van der Waals surface area contributed by atoms with Gasteiger partial charge in [-0.05, 0) is 25.3 Å². The molecule has 3 rings (SSSR count). The van der Waals surface area contributed by atoms with Crippen LogP contribution in [0.5, 0.6) is 0 Å². The first-order valence-electron chi connectivity index (χ1n) is 9.32. The molecule has 1 N–H and O–H groups in total. The molecule has 1 unspecified atom stereocenters. The van der Waals surface area contributed by atoms with Crippen molar-refractivity contribution in [1.82, 2.24) is 20.0 Å². The van der Waals surface area contributed by atoms with Crippen LogP contribution in [0.25, 0.3) is 0 Å². The number of piperidine rings is 1. The number of nitrogens with one attached hydrogen (secondary N) is 1. The molecule has 6 nitrogen and oxygen atoms in total. The molecule has 1 atom stereocenters. The highest BCUT2D eigenvalue weighted by Gasteiger charge is 2.24. The van der Waals surface area contributed by atoms with Gasteiger partial charge in [-0.3, -0.25) is 9.69 Å². The van der Waals surface area contributed by atoms with Crippen molar-refractivity contribution < 1.29 is 9.53 Å². The number of nitrogens with zero attached hydrogens (tertiary/aromatic N) is 3. The number of halogens is 2. The van der Waals surface area contributed by atoms with E-state index in [1.54, 1.807) is 0 Å². The van der Waals surface area contributed by atoms with Crippen LogP contribution in [0.2, 0.25) is 0 Å². The average Bonchev–Trinajstić information content (AvgIpc) is 2.62. The van der Waals surface area contributed by atoms with Gasteiger partial charge in [0.15, 0.2) is 0 Å². The Hall–Kier alpha value is -0.110. The standard InChI is InChI=1S/C17H32N4O2.2ClH/c22-17(21-8-4-18-5-9-21)3-7-19-6-1-2-16(14-19)15-20-10-12-23-13-11-20;;/h16,18H,1-15H2;2*1H. The Morgan fingerprint density at radius 3 is 2.44 bits per heavy atom. The Kier molecular flexibility index (Phi) is 11.3. The summed E-state index contributed by atoms with van der Waals surface area (Å²) >= 11 is 0. The molecule has 25 heavy (non-hydrogen) atoms. The van der Waals surface area contributed by atoms with Gasteiger partial charge in [-0.25, -0.2) is 0 Å². The monoisotopic (exact) mass is 396 g/mol. The average molecular weight is 397 g/mol. The predicted octanol–water partition coefficient (Wildman–Crippen LogP) is 0.696. The van der Waals surface area contributed by atoms with Crippen LogP contribution in [-0.4, -0.2) is 99.3 Å². The van der Waals surface area contributed by atoms with E-state index in [2.05, 4.69) is 15.1 Å². The third-order valence-electron chi connectivity index (χ3n) is 5.33. The second kappa shape index (κ2) is 12.3. The van der Waals surface area contributed by atoms with Crippen molar-refractivity contribution in [3.8, 4) is 0 Å². The minimum atomic E-state index is 0. The van der Waals surface area contributed by atoms with Gasteiger partial charge < -0.3 is 19.9 Å². The van der Waals surface area contributed by atoms with E-state index in [4.69, 9.17) is 4.74 Å². The third kappa shape index (κ3) is 7.57. The summed E-state index contributed by atoms with van der Waals surface area (Å²) < 4.78 is 5.43. The molecule has 8 heteroatoms. The zero-order valence-corrected chi connectivity index (χ0v) is 16.8. The van der Waals surface area contributed by atoms with Crippen molar-refractivity contribution in [1.29, 1.82) is 0 Å². The second-order valence-electron chi connectivity index (χ2n) is 7.10. The van der Waals surface area contributed by atoms with Crippen molar-refractivity contribution in [2.24, 2.45) is 5.92 Å². The van der Waals surface area contributed by atoms with E-state index in [1.165, 1.54) is 19.4 Å². The highest BCUT2D eigenvalue weighted by Crippen LogP contribution is 2.18. The Labute approximate surface area is 164 Å². The molecular weight excluding hydrogens is 363 g/mol. The van der Waals surface area contributed by atoms with Crippen molar-refractivity contribution in [2.45, 2.75) is 19.3 Å². The number of likely N-dealkylation sites (tertiary alicyclic amines) is 1. The molecule has 3 heterocycles. The summed E-state index contributed by atoms with van der Waals surface area (Å²) in [6.45, 7) is 12.0. The molecule has 0 saturated carbocycles. The fourth-order valence-electron chi connectivity index (χ4n) is 3.98. The normalized spacial score (nSPS) is 25.8. The van der Waals surface area contributed by atoms with Crippen LogP contribution in [0.1, 0.15) is 19.3 Å². The molecule has 0 aromatic rings. The fraction of sp³-hybridized carbons (Fsp3) is 0.941. The largest absolute Gasteiger partial charge is 0.379 e. The zero-order chi connectivity index (χ0) is 15.9. The quantitative estimate of drug-likeness (QED) is 0.740. The first-order chi connectivity index (χ1) is 11.3. The zero-order valence-electron chi connectivity index (χ0n) is 15.2. The number of amides is 1. The number of carbonyl (C=O) groups is 1. The van der Waals surface area contributed by atoms with Gasteiger partial charge in [0, 0.05) is 65.3 Å². The topological polar surface area (TPSA) is 48.1 Å².